The standard InChI is InChI=1S/C31H25N/c1-31(2)27-15-9-8-14-25(27)26-18-17-23(20-28(26)31)32-29-19-16-21-10-6-7-13-24(21)30(29)22-11-4-3-5-12-22/h3-20,32H,1-2H3. The molecule has 32 heavy (non-hydrogen) atoms. The van der Waals surface area contributed by atoms with Crippen LogP contribution in [0.3, 0.4) is 0 Å². The molecule has 154 valence electrons. The second-order valence-corrected chi connectivity index (χ2v) is 9.13. The van der Waals surface area contributed by atoms with Crippen LogP contribution in [0, 0.1) is 0 Å². The third kappa shape index (κ3) is 2.85. The zero-order valence-electron chi connectivity index (χ0n) is 18.4. The molecule has 5 aromatic rings. The fraction of sp³-hybridized carbons (Fsp3) is 0.0968. The Bertz CT molecular complexity index is 1460. The quantitative estimate of drug-likeness (QED) is 0.313. The molecule has 0 fully saturated rings. The highest BCUT2D eigenvalue weighted by Crippen LogP contribution is 2.49. The first-order valence-corrected chi connectivity index (χ1v) is 11.2. The van der Waals surface area contributed by atoms with Crippen molar-refractivity contribution in [3.8, 4) is 22.3 Å². The molecule has 1 aliphatic carbocycles. The van der Waals surface area contributed by atoms with Crippen LogP contribution in [-0.4, -0.2) is 0 Å². The maximum Gasteiger partial charge on any atom is 0.0470 e. The van der Waals surface area contributed by atoms with Crippen LogP contribution in [0.25, 0.3) is 33.0 Å². The van der Waals surface area contributed by atoms with Gasteiger partial charge >= 0.3 is 0 Å². The van der Waals surface area contributed by atoms with Crippen molar-refractivity contribution in [1.82, 2.24) is 0 Å². The smallest absolute Gasteiger partial charge is 0.0470 e. The van der Waals surface area contributed by atoms with E-state index in [-0.39, 0.29) is 5.41 Å². The van der Waals surface area contributed by atoms with Crippen LogP contribution in [0.1, 0.15) is 25.0 Å². The molecule has 0 unspecified atom stereocenters. The molecule has 0 saturated carbocycles. The van der Waals surface area contributed by atoms with Crippen LogP contribution in [0.15, 0.2) is 109 Å². The Balaban J connectivity index is 1.49. The van der Waals surface area contributed by atoms with Gasteiger partial charge in [-0.1, -0.05) is 105 Å². The molecule has 0 aromatic heterocycles. The molecule has 6 rings (SSSR count). The van der Waals surface area contributed by atoms with Crippen molar-refractivity contribution < 1.29 is 0 Å². The maximum atomic E-state index is 3.76. The van der Waals surface area contributed by atoms with E-state index < -0.39 is 0 Å². The molecular weight excluding hydrogens is 386 g/mol. The number of benzene rings is 5. The number of fused-ring (bicyclic) bond motifs is 4. The lowest BCUT2D eigenvalue weighted by Gasteiger charge is -2.22. The van der Waals surface area contributed by atoms with E-state index in [4.69, 9.17) is 0 Å². The van der Waals surface area contributed by atoms with Crippen molar-refractivity contribution in [1.29, 1.82) is 0 Å². The van der Waals surface area contributed by atoms with Crippen molar-refractivity contribution in [3.05, 3.63) is 120 Å². The van der Waals surface area contributed by atoms with Crippen LogP contribution in [-0.2, 0) is 5.41 Å². The summed E-state index contributed by atoms with van der Waals surface area (Å²) in [6.07, 6.45) is 0. The van der Waals surface area contributed by atoms with Gasteiger partial charge in [0.2, 0.25) is 0 Å². The minimum atomic E-state index is -0.00470. The molecule has 0 spiro atoms. The van der Waals surface area contributed by atoms with E-state index in [1.165, 1.54) is 44.2 Å². The lowest BCUT2D eigenvalue weighted by atomic mass is 9.82. The average molecular weight is 412 g/mol. The normalized spacial score (nSPS) is 13.6. The highest BCUT2D eigenvalue weighted by molar-refractivity contribution is 6.03. The zero-order valence-corrected chi connectivity index (χ0v) is 18.4. The van der Waals surface area contributed by atoms with Gasteiger partial charge < -0.3 is 5.32 Å². The molecular formula is C31H25N. The van der Waals surface area contributed by atoms with E-state index >= 15 is 0 Å². The number of hydrogen-bond acceptors (Lipinski definition) is 1. The second-order valence-electron chi connectivity index (χ2n) is 9.13. The van der Waals surface area contributed by atoms with E-state index in [0.29, 0.717) is 0 Å². The summed E-state index contributed by atoms with van der Waals surface area (Å²) in [6.45, 7) is 4.65. The van der Waals surface area contributed by atoms with Gasteiger partial charge in [0.05, 0.1) is 0 Å². The predicted molar refractivity (Wildman–Crippen MR) is 137 cm³/mol. The van der Waals surface area contributed by atoms with E-state index in [0.717, 1.165) is 11.4 Å². The summed E-state index contributed by atoms with van der Waals surface area (Å²) in [6, 6.07) is 39.3. The molecule has 1 nitrogen and oxygen atoms in total. The third-order valence-corrected chi connectivity index (χ3v) is 6.85. The molecule has 1 N–H and O–H groups in total. The van der Waals surface area contributed by atoms with E-state index in [1.54, 1.807) is 0 Å². The van der Waals surface area contributed by atoms with Crippen molar-refractivity contribution in [2.75, 3.05) is 5.32 Å². The van der Waals surface area contributed by atoms with Crippen LogP contribution in [0.2, 0.25) is 0 Å². The summed E-state index contributed by atoms with van der Waals surface area (Å²) in [5.41, 5.74) is 10.2. The van der Waals surface area contributed by atoms with Crippen molar-refractivity contribution in [3.63, 3.8) is 0 Å². The first-order valence-electron chi connectivity index (χ1n) is 11.2. The van der Waals surface area contributed by atoms with Crippen LogP contribution in [0.4, 0.5) is 11.4 Å². The fourth-order valence-electron chi connectivity index (χ4n) is 5.23. The van der Waals surface area contributed by atoms with Crippen LogP contribution >= 0.6 is 0 Å². The molecule has 0 aliphatic heterocycles. The van der Waals surface area contributed by atoms with Gasteiger partial charge in [-0.3, -0.25) is 0 Å². The number of hydrogen-bond donors (Lipinski definition) is 1. The van der Waals surface area contributed by atoms with Crippen molar-refractivity contribution in [2.45, 2.75) is 19.3 Å². The Morgan fingerprint density at radius 3 is 2.19 bits per heavy atom. The lowest BCUT2D eigenvalue weighted by Crippen LogP contribution is -2.15. The lowest BCUT2D eigenvalue weighted by molar-refractivity contribution is 0.660. The Morgan fingerprint density at radius 2 is 1.31 bits per heavy atom. The SMILES string of the molecule is CC1(C)c2ccccc2-c2ccc(Nc3ccc4ccccc4c3-c3ccccc3)cc21. The van der Waals surface area contributed by atoms with Crippen LogP contribution in [0.5, 0.6) is 0 Å². The zero-order chi connectivity index (χ0) is 21.7. The summed E-state index contributed by atoms with van der Waals surface area (Å²) < 4.78 is 0. The first-order chi connectivity index (χ1) is 15.6. The summed E-state index contributed by atoms with van der Waals surface area (Å²) in [5, 5.41) is 6.27. The third-order valence-electron chi connectivity index (χ3n) is 6.85. The minimum absolute atomic E-state index is 0.00470. The van der Waals surface area contributed by atoms with Gasteiger partial charge in [-0.2, -0.15) is 0 Å². The molecule has 0 saturated heterocycles. The maximum absolute atomic E-state index is 3.76. The number of rotatable bonds is 3. The number of anilines is 2. The molecule has 5 aromatic carbocycles. The van der Waals surface area contributed by atoms with E-state index in [2.05, 4.69) is 128 Å². The summed E-state index contributed by atoms with van der Waals surface area (Å²) >= 11 is 0. The highest BCUT2D eigenvalue weighted by atomic mass is 14.9. The molecule has 1 heteroatoms. The Hall–Kier alpha value is -3.84. The molecule has 1 aliphatic rings. The number of nitrogens with one attached hydrogen (secondary N) is 1. The fourth-order valence-corrected chi connectivity index (χ4v) is 5.23. The second kappa shape index (κ2) is 7.10. The van der Waals surface area contributed by atoms with Crippen molar-refractivity contribution >= 4 is 22.1 Å². The van der Waals surface area contributed by atoms with Gasteiger partial charge in [0, 0.05) is 22.4 Å². The van der Waals surface area contributed by atoms with E-state index in [9.17, 15) is 0 Å². The molecule has 0 bridgehead atoms. The minimum Gasteiger partial charge on any atom is -0.355 e. The van der Waals surface area contributed by atoms with Gasteiger partial charge in [-0.05, 0) is 56.8 Å². The monoisotopic (exact) mass is 411 g/mol. The molecule has 0 radical (unpaired) electrons. The summed E-state index contributed by atoms with van der Waals surface area (Å²) in [4.78, 5) is 0. The van der Waals surface area contributed by atoms with E-state index in [1.807, 2.05) is 0 Å². The first kappa shape index (κ1) is 18.9. The predicted octanol–water partition coefficient (Wildman–Crippen LogP) is 8.56. The average Bonchev–Trinajstić information content (AvgIpc) is 3.06. The largest absolute Gasteiger partial charge is 0.355 e. The summed E-state index contributed by atoms with van der Waals surface area (Å²) in [7, 11) is 0. The van der Waals surface area contributed by atoms with Gasteiger partial charge in [0.1, 0.15) is 0 Å². The molecule has 0 atom stereocenters. The van der Waals surface area contributed by atoms with Gasteiger partial charge in [0.25, 0.3) is 0 Å². The summed E-state index contributed by atoms with van der Waals surface area (Å²) in [5.74, 6) is 0. The van der Waals surface area contributed by atoms with Crippen molar-refractivity contribution in [2.24, 2.45) is 0 Å². The Kier molecular flexibility index (Phi) is 4.19. The van der Waals surface area contributed by atoms with Gasteiger partial charge in [-0.25, -0.2) is 0 Å². The Morgan fingerprint density at radius 1 is 0.594 bits per heavy atom. The molecule has 0 amide bonds. The van der Waals surface area contributed by atoms with Gasteiger partial charge in [0.15, 0.2) is 0 Å². The van der Waals surface area contributed by atoms with Crippen LogP contribution < -0.4 is 5.32 Å². The topological polar surface area (TPSA) is 12.0 Å². The van der Waals surface area contributed by atoms with Gasteiger partial charge in [-0.15, -0.1) is 0 Å². The highest BCUT2D eigenvalue weighted by Gasteiger charge is 2.35. The Labute approximate surface area is 189 Å². The molecule has 0 heterocycles.